The quantitative estimate of drug-likeness (QED) is 0.619. The number of hydrogen-bond donors (Lipinski definition) is 2. The zero-order valence-corrected chi connectivity index (χ0v) is 17.9. The summed E-state index contributed by atoms with van der Waals surface area (Å²) >= 11 is 0. The number of nitrogens with zero attached hydrogens (tertiary/aromatic N) is 2. The maximum atomic E-state index is 12.6. The molecule has 4 rings (SSSR count). The minimum absolute atomic E-state index is 0.101. The molecular formula is C24H26N4O3. The van der Waals surface area contributed by atoms with Crippen LogP contribution in [0.2, 0.25) is 0 Å². The van der Waals surface area contributed by atoms with E-state index in [9.17, 15) is 9.59 Å². The van der Waals surface area contributed by atoms with Gasteiger partial charge in [-0.05, 0) is 49.6 Å². The largest absolute Gasteiger partial charge is 0.459 e. The molecule has 3 N–H and O–H groups in total. The molecule has 0 aliphatic carbocycles. The van der Waals surface area contributed by atoms with Crippen molar-refractivity contribution in [2.75, 3.05) is 12.4 Å². The van der Waals surface area contributed by atoms with E-state index in [1.807, 2.05) is 44.2 Å². The summed E-state index contributed by atoms with van der Waals surface area (Å²) in [6.07, 6.45) is 5.42. The minimum Gasteiger partial charge on any atom is -0.459 e. The van der Waals surface area contributed by atoms with E-state index < -0.39 is 0 Å². The van der Waals surface area contributed by atoms with E-state index in [1.165, 1.54) is 6.08 Å². The molecule has 7 heteroatoms. The fraction of sp³-hybridized carbons (Fsp3) is 0.292. The maximum absolute atomic E-state index is 12.6. The third-order valence-electron chi connectivity index (χ3n) is 5.76. The minimum atomic E-state index is -0.284. The van der Waals surface area contributed by atoms with E-state index in [-0.39, 0.29) is 23.8 Å². The Kier molecular flexibility index (Phi) is 5.61. The van der Waals surface area contributed by atoms with Crippen LogP contribution in [0.5, 0.6) is 0 Å². The van der Waals surface area contributed by atoms with Crippen molar-refractivity contribution in [3.63, 3.8) is 0 Å². The second kappa shape index (κ2) is 8.35. The maximum Gasteiger partial charge on any atom is 0.246 e. The first-order valence-corrected chi connectivity index (χ1v) is 10.3. The van der Waals surface area contributed by atoms with Crippen LogP contribution in [0.1, 0.15) is 29.4 Å². The van der Waals surface area contributed by atoms with Gasteiger partial charge < -0.3 is 20.4 Å². The molecule has 1 aliphatic heterocycles. The highest BCUT2D eigenvalue weighted by Gasteiger charge is 2.29. The number of furan rings is 1. The second-order valence-electron chi connectivity index (χ2n) is 8.11. The van der Waals surface area contributed by atoms with Crippen molar-refractivity contribution in [1.29, 1.82) is 0 Å². The third-order valence-corrected chi connectivity index (χ3v) is 5.76. The Labute approximate surface area is 180 Å². The number of aryl methyl sites for hydroxylation is 1. The van der Waals surface area contributed by atoms with Crippen molar-refractivity contribution in [2.45, 2.75) is 32.9 Å². The highest BCUT2D eigenvalue weighted by molar-refractivity contribution is 5.95. The summed E-state index contributed by atoms with van der Waals surface area (Å²) in [5.74, 6) is 0.810. The second-order valence-corrected chi connectivity index (χ2v) is 8.11. The van der Waals surface area contributed by atoms with E-state index in [2.05, 4.69) is 10.3 Å². The Balaban J connectivity index is 1.46. The molecule has 31 heavy (non-hydrogen) atoms. The summed E-state index contributed by atoms with van der Waals surface area (Å²) in [5, 5.41) is 3.87. The molecule has 0 radical (unpaired) electrons. The van der Waals surface area contributed by atoms with Gasteiger partial charge in [0.05, 0.1) is 12.5 Å². The molecule has 0 saturated carbocycles. The van der Waals surface area contributed by atoms with Gasteiger partial charge in [0.25, 0.3) is 0 Å². The highest BCUT2D eigenvalue weighted by Crippen LogP contribution is 2.27. The lowest BCUT2D eigenvalue weighted by Gasteiger charge is -2.26. The number of pyridine rings is 1. The predicted octanol–water partition coefficient (Wildman–Crippen LogP) is 3.27. The molecule has 160 valence electrons. The predicted molar refractivity (Wildman–Crippen MR) is 120 cm³/mol. The zero-order valence-electron chi connectivity index (χ0n) is 17.9. The number of para-hydroxylation sites is 1. The van der Waals surface area contributed by atoms with Crippen molar-refractivity contribution in [1.82, 2.24) is 9.88 Å². The van der Waals surface area contributed by atoms with Crippen LogP contribution in [0.25, 0.3) is 17.0 Å². The molecule has 1 aliphatic rings. The molecule has 3 heterocycles. The number of aromatic nitrogens is 1. The van der Waals surface area contributed by atoms with E-state index in [0.29, 0.717) is 18.8 Å². The van der Waals surface area contributed by atoms with Crippen LogP contribution in [0.3, 0.4) is 0 Å². The van der Waals surface area contributed by atoms with E-state index in [4.69, 9.17) is 10.2 Å². The molecule has 0 spiro atoms. The average Bonchev–Trinajstić information content (AvgIpc) is 3.06. The number of amides is 2. The number of carbonyl (C=O) groups excluding carboxylic acids is 2. The van der Waals surface area contributed by atoms with Crippen molar-refractivity contribution in [3.8, 4) is 0 Å². The van der Waals surface area contributed by atoms with E-state index >= 15 is 0 Å². The Hall–Kier alpha value is -3.45. The van der Waals surface area contributed by atoms with Gasteiger partial charge in [-0.3, -0.25) is 9.59 Å². The van der Waals surface area contributed by atoms with Gasteiger partial charge in [-0.2, -0.15) is 0 Å². The lowest BCUT2D eigenvalue weighted by atomic mass is 9.89. The lowest BCUT2D eigenvalue weighted by Crippen LogP contribution is -2.41. The van der Waals surface area contributed by atoms with Gasteiger partial charge in [-0.25, -0.2) is 4.98 Å². The van der Waals surface area contributed by atoms with Gasteiger partial charge >= 0.3 is 0 Å². The molecule has 0 saturated heterocycles. The zero-order chi connectivity index (χ0) is 22.1. The number of nitrogens with two attached hydrogens (primary N) is 1. The summed E-state index contributed by atoms with van der Waals surface area (Å²) in [5.41, 5.74) is 9.51. The molecular weight excluding hydrogens is 392 g/mol. The lowest BCUT2D eigenvalue weighted by molar-refractivity contribution is -0.125. The van der Waals surface area contributed by atoms with Gasteiger partial charge in [0.15, 0.2) is 0 Å². The van der Waals surface area contributed by atoms with Crippen LogP contribution in [-0.4, -0.2) is 34.8 Å². The van der Waals surface area contributed by atoms with Crippen LogP contribution in [0.15, 0.2) is 47.0 Å². The summed E-state index contributed by atoms with van der Waals surface area (Å²) in [6, 6.07) is 9.53. The Morgan fingerprint density at radius 1 is 1.42 bits per heavy atom. The Morgan fingerprint density at radius 2 is 2.19 bits per heavy atom. The molecule has 7 nitrogen and oxygen atoms in total. The number of rotatable bonds is 5. The molecule has 3 aromatic rings. The van der Waals surface area contributed by atoms with Crippen molar-refractivity contribution in [2.24, 2.45) is 11.7 Å². The number of likely N-dealkylation sites (N-methyl/N-ethyl adjacent to an activating group) is 1. The summed E-state index contributed by atoms with van der Waals surface area (Å²) in [4.78, 5) is 30.7. The molecule has 1 aromatic carbocycles. The fourth-order valence-electron chi connectivity index (χ4n) is 3.82. The standard InChI is InChI=1S/C24H26N4O3/c1-14-18-6-4-5-7-20(18)31-21(14)13-28(3)22(29)9-8-16-10-17-11-19(15(2)25)24(30)27-23(17)26-12-16/h4-10,12,15,19H,11,13,25H2,1-3H3,(H,26,27,30). The van der Waals surface area contributed by atoms with Crippen LogP contribution >= 0.6 is 0 Å². The van der Waals surface area contributed by atoms with Crippen LogP contribution in [0.4, 0.5) is 5.82 Å². The fourth-order valence-corrected chi connectivity index (χ4v) is 3.82. The number of benzene rings is 1. The van der Waals surface area contributed by atoms with Gasteiger partial charge in [-0.1, -0.05) is 18.2 Å². The summed E-state index contributed by atoms with van der Waals surface area (Å²) < 4.78 is 5.91. The van der Waals surface area contributed by atoms with Crippen LogP contribution in [0, 0.1) is 12.8 Å². The van der Waals surface area contributed by atoms with E-state index in [0.717, 1.165) is 33.4 Å². The summed E-state index contributed by atoms with van der Waals surface area (Å²) in [7, 11) is 1.74. The SMILES string of the molecule is Cc1c(CN(C)C(=O)C=Cc2cnc3c(c2)CC(C(C)N)C(=O)N3)oc2ccccc12. The topological polar surface area (TPSA) is 101 Å². The molecule has 2 atom stereocenters. The van der Waals surface area contributed by atoms with Crippen LogP contribution in [-0.2, 0) is 22.6 Å². The first kappa shape index (κ1) is 20.8. The molecule has 2 aromatic heterocycles. The third kappa shape index (κ3) is 4.22. The summed E-state index contributed by atoms with van der Waals surface area (Å²) in [6.45, 7) is 4.21. The first-order chi connectivity index (χ1) is 14.8. The number of hydrogen-bond acceptors (Lipinski definition) is 5. The Bertz CT molecular complexity index is 1180. The molecule has 0 bridgehead atoms. The average molecular weight is 418 g/mol. The van der Waals surface area contributed by atoms with Crippen molar-refractivity contribution in [3.05, 3.63) is 65.1 Å². The monoisotopic (exact) mass is 418 g/mol. The number of nitrogens with one attached hydrogen (secondary N) is 1. The van der Waals surface area contributed by atoms with Crippen molar-refractivity contribution < 1.29 is 14.0 Å². The molecule has 2 amide bonds. The van der Waals surface area contributed by atoms with Crippen molar-refractivity contribution >= 4 is 34.7 Å². The number of fused-ring (bicyclic) bond motifs is 2. The number of anilines is 1. The molecule has 2 unspecified atom stereocenters. The first-order valence-electron chi connectivity index (χ1n) is 10.3. The van der Waals surface area contributed by atoms with Gasteiger partial charge in [0.2, 0.25) is 11.8 Å². The Morgan fingerprint density at radius 3 is 2.94 bits per heavy atom. The van der Waals surface area contributed by atoms with Gasteiger partial charge in [-0.15, -0.1) is 0 Å². The van der Waals surface area contributed by atoms with Gasteiger partial charge in [0.1, 0.15) is 17.2 Å². The highest BCUT2D eigenvalue weighted by atomic mass is 16.3. The smallest absolute Gasteiger partial charge is 0.246 e. The number of carbonyl (C=O) groups is 2. The van der Waals surface area contributed by atoms with Crippen LogP contribution < -0.4 is 11.1 Å². The van der Waals surface area contributed by atoms with Gasteiger partial charge in [0, 0.05) is 36.3 Å². The molecule has 0 fully saturated rings. The van der Waals surface area contributed by atoms with E-state index in [1.54, 1.807) is 24.2 Å². The normalized spacial score (nSPS) is 16.9.